The summed E-state index contributed by atoms with van der Waals surface area (Å²) in [7, 11) is 4.37. The van der Waals surface area contributed by atoms with Crippen molar-refractivity contribution in [1.29, 1.82) is 0 Å². The maximum Gasteiger partial charge on any atom is 0.173 e. The third kappa shape index (κ3) is 6.30. The van der Waals surface area contributed by atoms with E-state index >= 15 is 0 Å². The Morgan fingerprint density at radius 2 is 1.83 bits per heavy atom. The van der Waals surface area contributed by atoms with Gasteiger partial charge in [-0.05, 0) is 42.4 Å². The molecule has 0 aliphatic heterocycles. The highest BCUT2D eigenvalue weighted by atomic mass is 32.1. The van der Waals surface area contributed by atoms with E-state index in [0.717, 1.165) is 36.9 Å². The first-order valence-electron chi connectivity index (χ1n) is 8.50. The average molecular weight is 343 g/mol. The van der Waals surface area contributed by atoms with E-state index in [1.165, 1.54) is 16.0 Å². The fourth-order valence-electron chi connectivity index (χ4n) is 2.61. The average Bonchev–Trinajstić information content (AvgIpc) is 2.54. The molecule has 0 fully saturated rings. The molecular weight excluding hydrogens is 314 g/mol. The number of thiocarbonyl (C=S) groups is 1. The summed E-state index contributed by atoms with van der Waals surface area (Å²) in [6, 6.07) is 18.8. The summed E-state index contributed by atoms with van der Waals surface area (Å²) < 4.78 is 0. The van der Waals surface area contributed by atoms with Gasteiger partial charge in [-0.1, -0.05) is 42.5 Å². The summed E-state index contributed by atoms with van der Waals surface area (Å²) in [6.07, 6.45) is 1.12. The van der Waals surface area contributed by atoms with Gasteiger partial charge in [-0.2, -0.15) is 0 Å². The van der Waals surface area contributed by atoms with Crippen molar-refractivity contribution in [3.63, 3.8) is 0 Å². The molecule has 0 bridgehead atoms. The van der Waals surface area contributed by atoms with Crippen molar-refractivity contribution in [2.24, 2.45) is 0 Å². The second kappa shape index (κ2) is 9.40. The van der Waals surface area contributed by atoms with E-state index in [1.54, 1.807) is 0 Å². The van der Waals surface area contributed by atoms with Crippen LogP contribution in [-0.4, -0.2) is 37.2 Å². The lowest BCUT2D eigenvalue weighted by Gasteiger charge is -2.26. The van der Waals surface area contributed by atoms with Crippen molar-refractivity contribution in [1.82, 2.24) is 4.90 Å². The Labute approximate surface area is 151 Å². The third-order valence-electron chi connectivity index (χ3n) is 3.88. The molecule has 128 valence electrons. The molecule has 2 rings (SSSR count). The number of anilines is 1. The molecule has 0 atom stereocenters. The van der Waals surface area contributed by atoms with Crippen LogP contribution in [0.2, 0.25) is 0 Å². The van der Waals surface area contributed by atoms with Gasteiger partial charge in [0.1, 0.15) is 0 Å². The number of quaternary nitrogens is 1. The van der Waals surface area contributed by atoms with Crippen molar-refractivity contribution >= 4 is 23.0 Å². The van der Waals surface area contributed by atoms with Crippen LogP contribution in [0, 0.1) is 6.92 Å². The van der Waals surface area contributed by atoms with Gasteiger partial charge in [0.05, 0.1) is 20.6 Å². The van der Waals surface area contributed by atoms with Crippen molar-refractivity contribution in [2.75, 3.05) is 32.5 Å². The quantitative estimate of drug-likeness (QED) is 0.755. The molecule has 0 saturated heterocycles. The zero-order chi connectivity index (χ0) is 17.4. The molecule has 0 aliphatic carbocycles. The highest BCUT2D eigenvalue weighted by molar-refractivity contribution is 7.80. The van der Waals surface area contributed by atoms with Crippen LogP contribution in [0.15, 0.2) is 54.6 Å². The number of rotatable bonds is 7. The predicted molar refractivity (Wildman–Crippen MR) is 107 cm³/mol. The fourth-order valence-corrected chi connectivity index (χ4v) is 2.88. The number of hydrogen-bond donors (Lipinski definition) is 2. The van der Waals surface area contributed by atoms with Crippen LogP contribution in [0.4, 0.5) is 5.69 Å². The standard InChI is InChI=1S/C20H27N3S/c1-17-9-7-12-19(15-17)21-20(24)23(14-8-13-22(2)3)16-18-10-5-4-6-11-18/h4-7,9-12,15H,8,13-14,16H2,1-3H3,(H,21,24)/p+1. The zero-order valence-electron chi connectivity index (χ0n) is 14.9. The molecule has 2 aromatic rings. The topological polar surface area (TPSA) is 19.7 Å². The van der Waals surface area contributed by atoms with Gasteiger partial charge >= 0.3 is 0 Å². The van der Waals surface area contributed by atoms with Gasteiger partial charge in [-0.25, -0.2) is 0 Å². The lowest BCUT2D eigenvalue weighted by molar-refractivity contribution is -0.858. The van der Waals surface area contributed by atoms with Gasteiger partial charge in [-0.15, -0.1) is 0 Å². The highest BCUT2D eigenvalue weighted by Gasteiger charge is 2.11. The molecule has 0 saturated carbocycles. The normalized spacial score (nSPS) is 10.7. The minimum Gasteiger partial charge on any atom is -0.344 e. The van der Waals surface area contributed by atoms with Gasteiger partial charge in [0.15, 0.2) is 5.11 Å². The monoisotopic (exact) mass is 342 g/mol. The number of benzene rings is 2. The maximum atomic E-state index is 5.69. The summed E-state index contributed by atoms with van der Waals surface area (Å²) in [5.41, 5.74) is 3.56. The number of aryl methyl sites for hydroxylation is 1. The summed E-state index contributed by atoms with van der Waals surface area (Å²) in [5, 5.41) is 4.18. The zero-order valence-corrected chi connectivity index (χ0v) is 15.7. The predicted octanol–water partition coefficient (Wildman–Crippen LogP) is 2.73. The molecule has 0 heterocycles. The smallest absolute Gasteiger partial charge is 0.173 e. The van der Waals surface area contributed by atoms with Gasteiger partial charge < -0.3 is 15.1 Å². The second-order valence-corrected chi connectivity index (χ2v) is 6.90. The largest absolute Gasteiger partial charge is 0.344 e. The van der Waals surface area contributed by atoms with E-state index < -0.39 is 0 Å². The number of hydrogen-bond acceptors (Lipinski definition) is 1. The minimum absolute atomic E-state index is 0.790. The third-order valence-corrected chi connectivity index (χ3v) is 4.24. The SMILES string of the molecule is Cc1cccc(NC(=S)N(CCC[NH+](C)C)Cc2ccccc2)c1. The Hall–Kier alpha value is -1.91. The summed E-state index contributed by atoms with van der Waals surface area (Å²) in [6.45, 7) is 5.02. The van der Waals surface area contributed by atoms with Gasteiger partial charge in [-0.3, -0.25) is 0 Å². The van der Waals surface area contributed by atoms with Crippen molar-refractivity contribution in [2.45, 2.75) is 19.9 Å². The Kier molecular flexibility index (Phi) is 7.22. The van der Waals surface area contributed by atoms with Crippen LogP contribution in [-0.2, 0) is 6.54 Å². The molecule has 0 amide bonds. The number of nitrogens with zero attached hydrogens (tertiary/aromatic N) is 1. The molecule has 2 aromatic carbocycles. The first-order valence-corrected chi connectivity index (χ1v) is 8.91. The van der Waals surface area contributed by atoms with E-state index in [9.17, 15) is 0 Å². The Morgan fingerprint density at radius 3 is 2.50 bits per heavy atom. The van der Waals surface area contributed by atoms with Crippen LogP contribution in [0.1, 0.15) is 17.5 Å². The summed E-state index contributed by atoms with van der Waals surface area (Å²) >= 11 is 5.69. The second-order valence-electron chi connectivity index (χ2n) is 6.52. The molecule has 24 heavy (non-hydrogen) atoms. The van der Waals surface area contributed by atoms with Gasteiger partial charge in [0, 0.05) is 25.2 Å². The summed E-state index contributed by atoms with van der Waals surface area (Å²) in [4.78, 5) is 3.72. The van der Waals surface area contributed by atoms with Gasteiger partial charge in [0.25, 0.3) is 0 Å². The molecule has 0 unspecified atom stereocenters. The number of nitrogens with one attached hydrogen (secondary N) is 2. The molecule has 2 N–H and O–H groups in total. The van der Waals surface area contributed by atoms with Crippen LogP contribution >= 0.6 is 12.2 Å². The van der Waals surface area contributed by atoms with E-state index in [1.807, 2.05) is 6.07 Å². The Morgan fingerprint density at radius 1 is 1.08 bits per heavy atom. The van der Waals surface area contributed by atoms with Crippen molar-refractivity contribution in [3.8, 4) is 0 Å². The Bertz CT molecular complexity index is 640. The maximum absolute atomic E-state index is 5.69. The minimum atomic E-state index is 0.790. The van der Waals surface area contributed by atoms with Crippen LogP contribution in [0.3, 0.4) is 0 Å². The fraction of sp³-hybridized carbons (Fsp3) is 0.350. The van der Waals surface area contributed by atoms with Crippen molar-refractivity contribution < 1.29 is 4.90 Å². The van der Waals surface area contributed by atoms with Crippen LogP contribution in [0.5, 0.6) is 0 Å². The van der Waals surface area contributed by atoms with E-state index in [4.69, 9.17) is 12.2 Å². The van der Waals surface area contributed by atoms with Crippen molar-refractivity contribution in [3.05, 3.63) is 65.7 Å². The Balaban J connectivity index is 2.03. The van der Waals surface area contributed by atoms with Gasteiger partial charge in [0.2, 0.25) is 0 Å². The highest BCUT2D eigenvalue weighted by Crippen LogP contribution is 2.12. The van der Waals surface area contributed by atoms with E-state index in [2.05, 4.69) is 79.8 Å². The van der Waals surface area contributed by atoms with Crippen LogP contribution in [0.25, 0.3) is 0 Å². The summed E-state index contributed by atoms with van der Waals surface area (Å²) in [5.74, 6) is 0. The lowest BCUT2D eigenvalue weighted by Crippen LogP contribution is -3.05. The molecule has 0 spiro atoms. The first-order chi connectivity index (χ1) is 11.5. The first kappa shape index (κ1) is 18.4. The lowest BCUT2D eigenvalue weighted by atomic mass is 10.2. The molecule has 3 nitrogen and oxygen atoms in total. The van der Waals surface area contributed by atoms with E-state index in [0.29, 0.717) is 0 Å². The molecule has 4 heteroatoms. The molecule has 0 aliphatic rings. The van der Waals surface area contributed by atoms with Crippen LogP contribution < -0.4 is 10.2 Å². The molecular formula is C20H28N3S+. The molecule has 0 radical (unpaired) electrons. The molecule has 0 aromatic heterocycles. The van der Waals surface area contributed by atoms with E-state index in [-0.39, 0.29) is 0 Å².